The van der Waals surface area contributed by atoms with Crippen molar-refractivity contribution in [2.45, 2.75) is 20.4 Å². The van der Waals surface area contributed by atoms with Crippen LogP contribution < -0.4 is 5.32 Å². The number of rotatable bonds is 3. The molecule has 84 valence electrons. The zero-order valence-electron chi connectivity index (χ0n) is 9.34. The number of imidazole rings is 1. The first-order chi connectivity index (χ1) is 7.65. The molecule has 2 N–H and O–H groups in total. The molecule has 0 saturated carbocycles. The fourth-order valence-electron chi connectivity index (χ4n) is 1.46. The van der Waals surface area contributed by atoms with Gasteiger partial charge in [0.15, 0.2) is 0 Å². The number of hydrogen-bond acceptors (Lipinski definition) is 2. The largest absolute Gasteiger partial charge is 0.378 e. The molecule has 0 unspecified atom stereocenters. The monoisotopic (exact) mass is 219 g/mol. The van der Waals surface area contributed by atoms with Crippen LogP contribution in [0.4, 0.5) is 10.1 Å². The number of aryl methyl sites for hydroxylation is 2. The SMILES string of the molecule is Cc1nc(CNc2ccc(F)cc2)[nH]c1C. The molecule has 0 radical (unpaired) electrons. The van der Waals surface area contributed by atoms with E-state index in [0.717, 1.165) is 22.9 Å². The van der Waals surface area contributed by atoms with E-state index in [4.69, 9.17) is 0 Å². The molecule has 1 aromatic heterocycles. The van der Waals surface area contributed by atoms with Crippen molar-refractivity contribution >= 4 is 5.69 Å². The molecule has 2 aromatic rings. The molecule has 3 nitrogen and oxygen atoms in total. The standard InChI is InChI=1S/C12H14FN3/c1-8-9(2)16-12(15-8)7-14-11-5-3-10(13)4-6-11/h3-6,14H,7H2,1-2H3,(H,15,16). The van der Waals surface area contributed by atoms with Crippen LogP contribution in [0.15, 0.2) is 24.3 Å². The molecule has 0 bridgehead atoms. The lowest BCUT2D eigenvalue weighted by atomic mass is 10.3. The van der Waals surface area contributed by atoms with Crippen LogP contribution in [0.25, 0.3) is 0 Å². The summed E-state index contributed by atoms with van der Waals surface area (Å²) in [6, 6.07) is 6.28. The van der Waals surface area contributed by atoms with E-state index in [1.54, 1.807) is 12.1 Å². The molecular formula is C12H14FN3. The lowest BCUT2D eigenvalue weighted by molar-refractivity contribution is 0.628. The number of halogens is 1. The summed E-state index contributed by atoms with van der Waals surface area (Å²) < 4.78 is 12.7. The van der Waals surface area contributed by atoms with Crippen LogP contribution in [-0.2, 0) is 6.54 Å². The van der Waals surface area contributed by atoms with Crippen molar-refractivity contribution < 1.29 is 4.39 Å². The van der Waals surface area contributed by atoms with Gasteiger partial charge >= 0.3 is 0 Å². The highest BCUT2D eigenvalue weighted by Crippen LogP contribution is 2.10. The van der Waals surface area contributed by atoms with Crippen LogP contribution in [0.3, 0.4) is 0 Å². The van der Waals surface area contributed by atoms with Crippen LogP contribution >= 0.6 is 0 Å². The van der Waals surface area contributed by atoms with E-state index in [0.29, 0.717) is 6.54 Å². The molecule has 0 aliphatic rings. The molecule has 0 amide bonds. The highest BCUT2D eigenvalue weighted by atomic mass is 19.1. The molecule has 0 fully saturated rings. The molecule has 0 saturated heterocycles. The van der Waals surface area contributed by atoms with Gasteiger partial charge in [-0.25, -0.2) is 9.37 Å². The van der Waals surface area contributed by atoms with Gasteiger partial charge < -0.3 is 10.3 Å². The maximum Gasteiger partial charge on any atom is 0.125 e. The van der Waals surface area contributed by atoms with Gasteiger partial charge in [-0.15, -0.1) is 0 Å². The summed E-state index contributed by atoms with van der Waals surface area (Å²) in [6.07, 6.45) is 0. The summed E-state index contributed by atoms with van der Waals surface area (Å²) in [4.78, 5) is 7.53. The van der Waals surface area contributed by atoms with Gasteiger partial charge in [-0.05, 0) is 38.1 Å². The smallest absolute Gasteiger partial charge is 0.125 e. The molecule has 0 aliphatic carbocycles. The normalized spacial score (nSPS) is 10.4. The quantitative estimate of drug-likeness (QED) is 0.833. The van der Waals surface area contributed by atoms with E-state index in [1.165, 1.54) is 12.1 Å². The van der Waals surface area contributed by atoms with Crippen LogP contribution in [-0.4, -0.2) is 9.97 Å². The lowest BCUT2D eigenvalue weighted by Gasteiger charge is -2.03. The summed E-state index contributed by atoms with van der Waals surface area (Å²) in [5.41, 5.74) is 2.97. The number of anilines is 1. The summed E-state index contributed by atoms with van der Waals surface area (Å²) >= 11 is 0. The summed E-state index contributed by atoms with van der Waals surface area (Å²) in [5.74, 6) is 0.662. The average molecular weight is 219 g/mol. The third-order valence-corrected chi connectivity index (χ3v) is 2.48. The topological polar surface area (TPSA) is 40.7 Å². The Morgan fingerprint density at radius 1 is 1.25 bits per heavy atom. The second-order valence-electron chi connectivity index (χ2n) is 3.75. The summed E-state index contributed by atoms with van der Waals surface area (Å²) in [7, 11) is 0. The van der Waals surface area contributed by atoms with Crippen LogP contribution in [0.1, 0.15) is 17.2 Å². The van der Waals surface area contributed by atoms with E-state index < -0.39 is 0 Å². The van der Waals surface area contributed by atoms with E-state index >= 15 is 0 Å². The molecular weight excluding hydrogens is 205 g/mol. The third-order valence-electron chi connectivity index (χ3n) is 2.48. The van der Waals surface area contributed by atoms with Crippen molar-refractivity contribution in [3.8, 4) is 0 Å². The zero-order chi connectivity index (χ0) is 11.5. The van der Waals surface area contributed by atoms with Gasteiger partial charge in [0.2, 0.25) is 0 Å². The third kappa shape index (κ3) is 2.39. The number of H-pyrrole nitrogens is 1. The molecule has 1 heterocycles. The minimum Gasteiger partial charge on any atom is -0.378 e. The molecule has 16 heavy (non-hydrogen) atoms. The Hall–Kier alpha value is -1.84. The van der Waals surface area contributed by atoms with E-state index in [9.17, 15) is 4.39 Å². The number of hydrogen-bond donors (Lipinski definition) is 2. The second-order valence-corrected chi connectivity index (χ2v) is 3.75. The van der Waals surface area contributed by atoms with Crippen LogP contribution in [0.2, 0.25) is 0 Å². The van der Waals surface area contributed by atoms with E-state index in [2.05, 4.69) is 15.3 Å². The van der Waals surface area contributed by atoms with Gasteiger partial charge in [0.25, 0.3) is 0 Å². The van der Waals surface area contributed by atoms with Gasteiger partial charge in [-0.2, -0.15) is 0 Å². The number of nitrogens with zero attached hydrogens (tertiary/aromatic N) is 1. The Morgan fingerprint density at radius 3 is 2.50 bits per heavy atom. The van der Waals surface area contributed by atoms with Gasteiger partial charge in [0, 0.05) is 11.4 Å². The Labute approximate surface area is 93.7 Å². The lowest BCUT2D eigenvalue weighted by Crippen LogP contribution is -2.01. The maximum atomic E-state index is 12.7. The fourth-order valence-corrected chi connectivity index (χ4v) is 1.46. The van der Waals surface area contributed by atoms with Crippen molar-refractivity contribution in [3.63, 3.8) is 0 Å². The van der Waals surface area contributed by atoms with Crippen molar-refractivity contribution in [1.82, 2.24) is 9.97 Å². The van der Waals surface area contributed by atoms with Crippen molar-refractivity contribution in [2.24, 2.45) is 0 Å². The van der Waals surface area contributed by atoms with Crippen molar-refractivity contribution in [1.29, 1.82) is 0 Å². The maximum absolute atomic E-state index is 12.7. The van der Waals surface area contributed by atoms with Gasteiger partial charge in [0.05, 0.1) is 12.2 Å². The van der Waals surface area contributed by atoms with Crippen LogP contribution in [0, 0.1) is 19.7 Å². The molecule has 0 atom stereocenters. The Bertz CT molecular complexity index is 454. The van der Waals surface area contributed by atoms with E-state index in [-0.39, 0.29) is 5.82 Å². The number of aromatic nitrogens is 2. The number of nitrogens with one attached hydrogen (secondary N) is 2. The van der Waals surface area contributed by atoms with E-state index in [1.807, 2.05) is 13.8 Å². The summed E-state index contributed by atoms with van der Waals surface area (Å²) in [6.45, 7) is 4.57. The first-order valence-electron chi connectivity index (χ1n) is 5.16. The zero-order valence-corrected chi connectivity index (χ0v) is 9.34. The number of benzene rings is 1. The van der Waals surface area contributed by atoms with Gasteiger partial charge in [0.1, 0.15) is 11.6 Å². The molecule has 4 heteroatoms. The highest BCUT2D eigenvalue weighted by molar-refractivity contribution is 5.42. The molecule has 2 rings (SSSR count). The second kappa shape index (κ2) is 4.35. The van der Waals surface area contributed by atoms with Crippen molar-refractivity contribution in [3.05, 3.63) is 47.3 Å². The minimum atomic E-state index is -0.227. The fraction of sp³-hybridized carbons (Fsp3) is 0.250. The average Bonchev–Trinajstić information content (AvgIpc) is 2.58. The Morgan fingerprint density at radius 2 is 1.94 bits per heavy atom. The molecule has 0 spiro atoms. The van der Waals surface area contributed by atoms with Gasteiger partial charge in [-0.3, -0.25) is 0 Å². The molecule has 1 aromatic carbocycles. The summed E-state index contributed by atoms with van der Waals surface area (Å²) in [5, 5.41) is 3.17. The van der Waals surface area contributed by atoms with Gasteiger partial charge in [-0.1, -0.05) is 0 Å². The van der Waals surface area contributed by atoms with Crippen LogP contribution in [0.5, 0.6) is 0 Å². The minimum absolute atomic E-state index is 0.227. The Kier molecular flexibility index (Phi) is 2.90. The first kappa shape index (κ1) is 10.7. The van der Waals surface area contributed by atoms with Crippen molar-refractivity contribution in [2.75, 3.05) is 5.32 Å². The number of aromatic amines is 1. The predicted molar refractivity (Wildman–Crippen MR) is 61.8 cm³/mol. The Balaban J connectivity index is 1.99. The first-order valence-corrected chi connectivity index (χ1v) is 5.16. The molecule has 0 aliphatic heterocycles. The predicted octanol–water partition coefficient (Wildman–Crippen LogP) is 2.78. The highest BCUT2D eigenvalue weighted by Gasteiger charge is 2.01.